The van der Waals surface area contributed by atoms with Crippen LogP contribution in [0.1, 0.15) is 37.8 Å². The molecular weight excluding hydrogens is 392 g/mol. The number of anilines is 1. The summed E-state index contributed by atoms with van der Waals surface area (Å²) in [6.45, 7) is 3.97. The Hall–Kier alpha value is -1.98. The van der Waals surface area contributed by atoms with Crippen molar-refractivity contribution in [3.63, 3.8) is 0 Å². The summed E-state index contributed by atoms with van der Waals surface area (Å²) in [7, 11) is 0. The Kier molecular flexibility index (Phi) is 7.75. The molecule has 0 saturated carbocycles. The van der Waals surface area contributed by atoms with Gasteiger partial charge < -0.3 is 15.2 Å². The van der Waals surface area contributed by atoms with Crippen LogP contribution in [0.5, 0.6) is 5.75 Å². The van der Waals surface area contributed by atoms with Gasteiger partial charge in [-0.2, -0.15) is 0 Å². The quantitative estimate of drug-likeness (QED) is 0.533. The molecule has 0 radical (unpaired) electrons. The fraction of sp³-hybridized carbons (Fsp3) is 0.350. The van der Waals surface area contributed by atoms with E-state index in [0.29, 0.717) is 23.2 Å². The Bertz CT molecular complexity index is 791. The minimum absolute atomic E-state index is 0.0198. The Balaban J connectivity index is 2.12. The summed E-state index contributed by atoms with van der Waals surface area (Å²) in [5.74, 6) is -1.02. The second-order valence-electron chi connectivity index (χ2n) is 6.30. The minimum Gasteiger partial charge on any atom is -0.486 e. The van der Waals surface area contributed by atoms with E-state index < -0.39 is 5.97 Å². The van der Waals surface area contributed by atoms with Crippen LogP contribution < -0.4 is 10.1 Å². The van der Waals surface area contributed by atoms with E-state index in [2.05, 4.69) is 5.32 Å². The number of aryl methyl sites for hydroxylation is 1. The third-order valence-electron chi connectivity index (χ3n) is 4.15. The number of halogens is 3. The fourth-order valence-electron chi connectivity index (χ4n) is 2.47. The smallest absolute Gasteiger partial charge is 0.303 e. The molecule has 2 rings (SSSR count). The topological polar surface area (TPSA) is 58.6 Å². The lowest BCUT2D eigenvalue weighted by molar-refractivity contribution is -0.136. The molecule has 0 amide bonds. The number of hydrogen-bond donors (Lipinski definition) is 2. The SMILES string of the molecule is CCC(C)Nc1cccc(COc2c(Cl)cc(CCC(=O)O)cc2Cl)c1F. The van der Waals surface area contributed by atoms with Gasteiger partial charge in [0.05, 0.1) is 15.7 Å². The van der Waals surface area contributed by atoms with Crippen LogP contribution >= 0.6 is 23.2 Å². The van der Waals surface area contributed by atoms with Crippen LogP contribution in [0, 0.1) is 5.82 Å². The molecule has 0 heterocycles. The van der Waals surface area contributed by atoms with Gasteiger partial charge in [0.15, 0.2) is 11.6 Å². The van der Waals surface area contributed by atoms with E-state index in [-0.39, 0.29) is 40.7 Å². The average Bonchev–Trinajstić information content (AvgIpc) is 2.61. The van der Waals surface area contributed by atoms with Gasteiger partial charge in [-0.15, -0.1) is 0 Å². The van der Waals surface area contributed by atoms with Crippen molar-refractivity contribution in [1.82, 2.24) is 0 Å². The highest BCUT2D eigenvalue weighted by Crippen LogP contribution is 2.35. The molecule has 2 aromatic carbocycles. The predicted molar refractivity (Wildman–Crippen MR) is 107 cm³/mol. The monoisotopic (exact) mass is 413 g/mol. The standard InChI is InChI=1S/C20H22Cl2FNO3/c1-3-12(2)24-17-6-4-5-14(19(17)23)11-27-20-15(21)9-13(10-16(20)22)7-8-18(25)26/h4-6,9-10,12,24H,3,7-8,11H2,1-2H3,(H,25,26). The van der Waals surface area contributed by atoms with Gasteiger partial charge in [-0.1, -0.05) is 42.3 Å². The van der Waals surface area contributed by atoms with Crippen LogP contribution in [0.15, 0.2) is 30.3 Å². The van der Waals surface area contributed by atoms with Crippen molar-refractivity contribution in [3.8, 4) is 5.75 Å². The summed E-state index contributed by atoms with van der Waals surface area (Å²) in [6, 6.07) is 8.46. The highest BCUT2D eigenvalue weighted by molar-refractivity contribution is 6.37. The molecule has 0 saturated heterocycles. The maximum absolute atomic E-state index is 14.6. The number of rotatable bonds is 9. The predicted octanol–water partition coefficient (Wildman–Crippen LogP) is 5.94. The molecule has 7 heteroatoms. The fourth-order valence-corrected chi connectivity index (χ4v) is 3.11. The van der Waals surface area contributed by atoms with E-state index in [4.69, 9.17) is 33.0 Å². The molecule has 2 N–H and O–H groups in total. The lowest BCUT2D eigenvalue weighted by atomic mass is 10.1. The van der Waals surface area contributed by atoms with Crippen LogP contribution in [0.3, 0.4) is 0 Å². The number of benzene rings is 2. The minimum atomic E-state index is -0.899. The van der Waals surface area contributed by atoms with Crippen molar-refractivity contribution in [2.45, 2.75) is 45.8 Å². The van der Waals surface area contributed by atoms with Crippen molar-refractivity contribution >= 4 is 34.9 Å². The molecule has 146 valence electrons. The van der Waals surface area contributed by atoms with Gasteiger partial charge in [-0.25, -0.2) is 4.39 Å². The van der Waals surface area contributed by atoms with E-state index in [1.807, 2.05) is 13.8 Å². The first-order valence-corrected chi connectivity index (χ1v) is 9.43. The first kappa shape index (κ1) is 21.3. The zero-order chi connectivity index (χ0) is 20.0. The van der Waals surface area contributed by atoms with Crippen molar-refractivity contribution in [2.75, 3.05) is 5.32 Å². The number of carboxylic acid groups (broad SMARTS) is 1. The van der Waals surface area contributed by atoms with Crippen molar-refractivity contribution in [3.05, 3.63) is 57.3 Å². The van der Waals surface area contributed by atoms with E-state index in [9.17, 15) is 9.18 Å². The van der Waals surface area contributed by atoms with E-state index >= 15 is 0 Å². The number of aliphatic carboxylic acids is 1. The number of nitrogens with one attached hydrogen (secondary N) is 1. The molecule has 0 spiro atoms. The second-order valence-corrected chi connectivity index (χ2v) is 7.12. The van der Waals surface area contributed by atoms with Gasteiger partial charge in [-0.05, 0) is 43.5 Å². The summed E-state index contributed by atoms with van der Waals surface area (Å²) < 4.78 is 20.3. The van der Waals surface area contributed by atoms with Crippen LogP contribution in [0.4, 0.5) is 10.1 Å². The molecular formula is C20H22Cl2FNO3. The zero-order valence-corrected chi connectivity index (χ0v) is 16.7. The number of hydrogen-bond acceptors (Lipinski definition) is 3. The highest BCUT2D eigenvalue weighted by atomic mass is 35.5. The van der Waals surface area contributed by atoms with Gasteiger partial charge in [0.2, 0.25) is 0 Å². The largest absolute Gasteiger partial charge is 0.486 e. The molecule has 0 fully saturated rings. The van der Waals surface area contributed by atoms with E-state index in [0.717, 1.165) is 6.42 Å². The number of carbonyl (C=O) groups is 1. The molecule has 0 aromatic heterocycles. The summed E-state index contributed by atoms with van der Waals surface area (Å²) >= 11 is 12.4. The third kappa shape index (κ3) is 6.01. The van der Waals surface area contributed by atoms with Crippen LogP contribution in [-0.2, 0) is 17.8 Å². The third-order valence-corrected chi connectivity index (χ3v) is 4.71. The molecule has 27 heavy (non-hydrogen) atoms. The number of carboxylic acids is 1. The zero-order valence-electron chi connectivity index (χ0n) is 15.2. The highest BCUT2D eigenvalue weighted by Gasteiger charge is 2.14. The average molecular weight is 414 g/mol. The summed E-state index contributed by atoms with van der Waals surface area (Å²) in [5.41, 5.74) is 1.50. The van der Waals surface area contributed by atoms with Crippen molar-refractivity contribution < 1.29 is 19.0 Å². The van der Waals surface area contributed by atoms with Gasteiger partial charge in [0.1, 0.15) is 6.61 Å². The van der Waals surface area contributed by atoms with Crippen LogP contribution in [0.25, 0.3) is 0 Å². The summed E-state index contributed by atoms with van der Waals surface area (Å²) in [6.07, 6.45) is 1.17. The first-order valence-electron chi connectivity index (χ1n) is 8.68. The van der Waals surface area contributed by atoms with Crippen LogP contribution in [-0.4, -0.2) is 17.1 Å². The summed E-state index contributed by atoms with van der Waals surface area (Å²) in [5, 5.41) is 12.4. The summed E-state index contributed by atoms with van der Waals surface area (Å²) in [4.78, 5) is 10.7. The van der Waals surface area contributed by atoms with E-state index in [1.165, 1.54) is 0 Å². The van der Waals surface area contributed by atoms with Crippen molar-refractivity contribution in [1.29, 1.82) is 0 Å². The van der Waals surface area contributed by atoms with Crippen LogP contribution in [0.2, 0.25) is 10.0 Å². The Morgan fingerprint density at radius 2 is 1.96 bits per heavy atom. The molecule has 0 bridgehead atoms. The lowest BCUT2D eigenvalue weighted by Crippen LogP contribution is -2.15. The first-order chi connectivity index (χ1) is 12.8. The van der Waals surface area contributed by atoms with Gasteiger partial charge in [0.25, 0.3) is 0 Å². The molecule has 0 aliphatic carbocycles. The molecule has 4 nitrogen and oxygen atoms in total. The molecule has 0 aliphatic heterocycles. The van der Waals surface area contributed by atoms with Gasteiger partial charge >= 0.3 is 5.97 Å². The molecule has 2 aromatic rings. The maximum atomic E-state index is 14.6. The Labute approximate surface area is 168 Å². The molecule has 1 atom stereocenters. The van der Waals surface area contributed by atoms with Gasteiger partial charge in [0, 0.05) is 18.0 Å². The Morgan fingerprint density at radius 3 is 2.56 bits per heavy atom. The lowest BCUT2D eigenvalue weighted by Gasteiger charge is -2.16. The van der Waals surface area contributed by atoms with E-state index in [1.54, 1.807) is 30.3 Å². The number of ether oxygens (including phenoxy) is 1. The Morgan fingerprint density at radius 1 is 1.30 bits per heavy atom. The maximum Gasteiger partial charge on any atom is 0.303 e. The van der Waals surface area contributed by atoms with Gasteiger partial charge in [-0.3, -0.25) is 4.79 Å². The molecule has 0 aliphatic rings. The normalized spacial score (nSPS) is 11.9. The van der Waals surface area contributed by atoms with Crippen molar-refractivity contribution in [2.24, 2.45) is 0 Å². The molecule has 1 unspecified atom stereocenters. The second kappa shape index (κ2) is 9.81.